The highest BCUT2D eigenvalue weighted by Crippen LogP contribution is 2.11. The molecule has 25 heavy (non-hydrogen) atoms. The quantitative estimate of drug-likeness (QED) is 0.785. The molecule has 0 spiro atoms. The zero-order valence-corrected chi connectivity index (χ0v) is 15.4. The van der Waals surface area contributed by atoms with Crippen LogP contribution in [0.3, 0.4) is 0 Å². The van der Waals surface area contributed by atoms with Gasteiger partial charge >= 0.3 is 0 Å². The molecule has 0 saturated carbocycles. The second-order valence-corrected chi connectivity index (χ2v) is 7.86. The second-order valence-electron chi connectivity index (χ2n) is 5.97. The molecule has 0 heterocycles. The van der Waals surface area contributed by atoms with Crippen LogP contribution in [0.25, 0.3) is 0 Å². The fraction of sp³-hybridized carbons (Fsp3) is 0.278. The minimum absolute atomic E-state index is 0.128. The highest BCUT2D eigenvalue weighted by Gasteiger charge is 2.12. The van der Waals surface area contributed by atoms with Crippen LogP contribution in [0.4, 0.5) is 0 Å². The largest absolute Gasteiger partial charge is 0.348 e. The first-order chi connectivity index (χ1) is 11.8. The molecule has 0 aromatic heterocycles. The van der Waals surface area contributed by atoms with Crippen molar-refractivity contribution in [3.63, 3.8) is 0 Å². The minimum atomic E-state index is -3.49. The van der Waals surface area contributed by atoms with Crippen molar-refractivity contribution in [2.24, 2.45) is 0 Å². The predicted octanol–water partition coefficient (Wildman–Crippen LogP) is 1.59. The maximum atomic E-state index is 12.2. The van der Waals surface area contributed by atoms with Crippen LogP contribution in [0.5, 0.6) is 0 Å². The van der Waals surface area contributed by atoms with E-state index in [1.54, 1.807) is 0 Å². The van der Waals surface area contributed by atoms with Gasteiger partial charge in [-0.1, -0.05) is 24.3 Å². The van der Waals surface area contributed by atoms with Gasteiger partial charge in [-0.2, -0.15) is 0 Å². The Morgan fingerprint density at radius 2 is 1.52 bits per heavy atom. The van der Waals surface area contributed by atoms with Gasteiger partial charge in [-0.15, -0.1) is 0 Å². The Hall–Kier alpha value is -2.22. The maximum absolute atomic E-state index is 12.2. The Labute approximate surface area is 148 Å². The topological polar surface area (TPSA) is 78.5 Å². The lowest BCUT2D eigenvalue weighted by atomic mass is 10.1. The molecule has 6 nitrogen and oxygen atoms in total. The van der Waals surface area contributed by atoms with Crippen molar-refractivity contribution in [1.82, 2.24) is 14.9 Å². The lowest BCUT2D eigenvalue weighted by Crippen LogP contribution is -2.23. The van der Waals surface area contributed by atoms with Crippen LogP contribution in [0.1, 0.15) is 21.5 Å². The summed E-state index contributed by atoms with van der Waals surface area (Å²) < 4.78 is 25.6. The van der Waals surface area contributed by atoms with E-state index in [1.807, 2.05) is 38.4 Å². The molecule has 0 unspecified atom stereocenters. The number of amides is 1. The summed E-state index contributed by atoms with van der Waals surface area (Å²) in [4.78, 5) is 14.4. The summed E-state index contributed by atoms with van der Waals surface area (Å²) in [5.41, 5.74) is 2.63. The van der Waals surface area contributed by atoms with Crippen LogP contribution in [-0.2, 0) is 23.1 Å². The van der Waals surface area contributed by atoms with Gasteiger partial charge in [0.2, 0.25) is 10.0 Å². The molecule has 0 bridgehead atoms. The molecule has 0 aliphatic heterocycles. The van der Waals surface area contributed by atoms with Crippen LogP contribution in [0.2, 0.25) is 0 Å². The van der Waals surface area contributed by atoms with Gasteiger partial charge in [0.1, 0.15) is 0 Å². The van der Waals surface area contributed by atoms with Crippen LogP contribution in [0, 0.1) is 0 Å². The Balaban J connectivity index is 1.96. The van der Waals surface area contributed by atoms with Crippen molar-refractivity contribution in [1.29, 1.82) is 0 Å². The summed E-state index contributed by atoms with van der Waals surface area (Å²) in [6.07, 6.45) is 0. The Morgan fingerprint density at radius 1 is 0.960 bits per heavy atom. The molecule has 0 radical (unpaired) electrons. The molecule has 0 fully saturated rings. The molecule has 2 aromatic rings. The average molecular weight is 361 g/mol. The van der Waals surface area contributed by atoms with E-state index in [-0.39, 0.29) is 10.8 Å². The smallest absolute Gasteiger partial charge is 0.251 e. The monoisotopic (exact) mass is 361 g/mol. The molecule has 7 heteroatoms. The first-order valence-corrected chi connectivity index (χ1v) is 9.34. The minimum Gasteiger partial charge on any atom is -0.348 e. The summed E-state index contributed by atoms with van der Waals surface area (Å²) in [7, 11) is 1.88. The number of hydrogen-bond donors (Lipinski definition) is 2. The number of hydrogen-bond acceptors (Lipinski definition) is 4. The lowest BCUT2D eigenvalue weighted by molar-refractivity contribution is 0.0951. The van der Waals surface area contributed by atoms with Gasteiger partial charge in [-0.05, 0) is 56.5 Å². The Kier molecular flexibility index (Phi) is 6.30. The van der Waals surface area contributed by atoms with Crippen molar-refractivity contribution in [3.05, 3.63) is 65.2 Å². The number of sulfonamides is 1. The van der Waals surface area contributed by atoms with E-state index in [4.69, 9.17) is 0 Å². The number of nitrogens with one attached hydrogen (secondary N) is 2. The van der Waals surface area contributed by atoms with E-state index in [0.29, 0.717) is 12.1 Å². The number of rotatable bonds is 7. The highest BCUT2D eigenvalue weighted by molar-refractivity contribution is 7.89. The van der Waals surface area contributed by atoms with Gasteiger partial charge in [0.15, 0.2) is 0 Å². The first-order valence-electron chi connectivity index (χ1n) is 7.86. The van der Waals surface area contributed by atoms with Crippen molar-refractivity contribution in [2.75, 3.05) is 21.1 Å². The molecular formula is C18H23N3O3S. The van der Waals surface area contributed by atoms with Gasteiger partial charge < -0.3 is 10.2 Å². The normalized spacial score (nSPS) is 11.5. The second kappa shape index (κ2) is 8.24. The summed E-state index contributed by atoms with van der Waals surface area (Å²) in [5.74, 6) is -0.245. The lowest BCUT2D eigenvalue weighted by Gasteiger charge is -2.10. The van der Waals surface area contributed by atoms with Crippen LogP contribution >= 0.6 is 0 Å². The molecule has 0 aliphatic carbocycles. The number of benzene rings is 2. The molecule has 0 atom stereocenters. The highest BCUT2D eigenvalue weighted by atomic mass is 32.2. The molecule has 2 N–H and O–H groups in total. The van der Waals surface area contributed by atoms with Gasteiger partial charge in [0.25, 0.3) is 5.91 Å². The van der Waals surface area contributed by atoms with Crippen molar-refractivity contribution < 1.29 is 13.2 Å². The van der Waals surface area contributed by atoms with E-state index >= 15 is 0 Å². The number of carbonyl (C=O) groups excluding carboxylic acids is 1. The summed E-state index contributed by atoms with van der Waals surface area (Å²) in [5, 5.41) is 2.83. The molecule has 0 saturated heterocycles. The Bertz CT molecular complexity index is 814. The number of carbonyl (C=O) groups is 1. The van der Waals surface area contributed by atoms with Crippen LogP contribution in [0.15, 0.2) is 53.4 Å². The third-order valence-electron chi connectivity index (χ3n) is 3.67. The molecule has 2 aromatic carbocycles. The van der Waals surface area contributed by atoms with E-state index in [0.717, 1.165) is 12.1 Å². The van der Waals surface area contributed by atoms with E-state index in [9.17, 15) is 13.2 Å². The average Bonchev–Trinajstić information content (AvgIpc) is 2.60. The zero-order valence-electron chi connectivity index (χ0n) is 14.6. The van der Waals surface area contributed by atoms with Crippen LogP contribution in [-0.4, -0.2) is 40.4 Å². The van der Waals surface area contributed by atoms with E-state index in [1.165, 1.54) is 36.9 Å². The SMILES string of the molecule is CNS(=O)(=O)c1ccc(C(=O)NCc2ccc(CN(C)C)cc2)cc1. The molecule has 1 amide bonds. The molecule has 2 rings (SSSR count). The van der Waals surface area contributed by atoms with Gasteiger partial charge in [0.05, 0.1) is 4.90 Å². The van der Waals surface area contributed by atoms with Gasteiger partial charge in [-0.3, -0.25) is 4.79 Å². The summed E-state index contributed by atoms with van der Waals surface area (Å²) >= 11 is 0. The zero-order chi connectivity index (χ0) is 18.4. The molecular weight excluding hydrogens is 338 g/mol. The van der Waals surface area contributed by atoms with Gasteiger partial charge in [0, 0.05) is 18.7 Å². The van der Waals surface area contributed by atoms with Crippen molar-refractivity contribution in [2.45, 2.75) is 18.0 Å². The van der Waals surface area contributed by atoms with E-state index in [2.05, 4.69) is 14.9 Å². The molecule has 0 aliphatic rings. The summed E-state index contributed by atoms with van der Waals surface area (Å²) in [6, 6.07) is 13.9. The fourth-order valence-electron chi connectivity index (χ4n) is 2.32. The van der Waals surface area contributed by atoms with Crippen LogP contribution < -0.4 is 10.0 Å². The third-order valence-corrected chi connectivity index (χ3v) is 5.10. The fourth-order valence-corrected chi connectivity index (χ4v) is 3.05. The maximum Gasteiger partial charge on any atom is 0.251 e. The van der Waals surface area contributed by atoms with Crippen molar-refractivity contribution >= 4 is 15.9 Å². The number of nitrogens with zero attached hydrogens (tertiary/aromatic N) is 1. The third kappa shape index (κ3) is 5.38. The standard InChI is InChI=1S/C18H23N3O3S/c1-19-25(23,24)17-10-8-16(9-11-17)18(22)20-12-14-4-6-15(7-5-14)13-21(2)3/h4-11,19H,12-13H2,1-3H3,(H,20,22). The van der Waals surface area contributed by atoms with Crippen molar-refractivity contribution in [3.8, 4) is 0 Å². The van der Waals surface area contributed by atoms with Gasteiger partial charge in [-0.25, -0.2) is 13.1 Å². The summed E-state index contributed by atoms with van der Waals surface area (Å²) in [6.45, 7) is 1.28. The van der Waals surface area contributed by atoms with E-state index < -0.39 is 10.0 Å². The molecule has 134 valence electrons. The Morgan fingerprint density at radius 3 is 2.04 bits per heavy atom. The first kappa shape index (κ1) is 19.1. The predicted molar refractivity (Wildman–Crippen MR) is 97.7 cm³/mol.